The van der Waals surface area contributed by atoms with E-state index in [9.17, 15) is 9.59 Å². The molecular formula is C21H21N3O4. The normalized spacial score (nSPS) is 10.4. The number of hydrogen-bond donors (Lipinski definition) is 1. The molecule has 0 fully saturated rings. The summed E-state index contributed by atoms with van der Waals surface area (Å²) in [5.74, 6) is -0.441. The van der Waals surface area contributed by atoms with Crippen LogP contribution < -0.4 is 14.8 Å². The van der Waals surface area contributed by atoms with E-state index < -0.39 is 11.7 Å². The maximum Gasteiger partial charge on any atom is 0.297 e. The van der Waals surface area contributed by atoms with Crippen LogP contribution in [0.5, 0.6) is 11.5 Å². The first kappa shape index (κ1) is 19.2. The fraction of sp³-hybridized carbons (Fsp3) is 0.190. The number of amides is 1. The van der Waals surface area contributed by atoms with Gasteiger partial charge in [0, 0.05) is 6.07 Å². The van der Waals surface area contributed by atoms with Gasteiger partial charge in [-0.15, -0.1) is 0 Å². The lowest BCUT2D eigenvalue weighted by molar-refractivity contribution is -0.112. The van der Waals surface area contributed by atoms with Crippen LogP contribution in [-0.4, -0.2) is 35.7 Å². The van der Waals surface area contributed by atoms with Crippen LogP contribution in [-0.2, 0) is 4.79 Å². The van der Waals surface area contributed by atoms with Crippen molar-refractivity contribution in [3.63, 3.8) is 0 Å². The SMILES string of the molecule is COc1ccc(NC(=O)C(=O)c2c(C)nn(-c3ccccc3)c2C)c(OC)c1. The molecule has 0 bridgehead atoms. The Morgan fingerprint density at radius 1 is 1.00 bits per heavy atom. The zero-order valence-corrected chi connectivity index (χ0v) is 16.1. The van der Waals surface area contributed by atoms with Gasteiger partial charge in [-0.05, 0) is 38.1 Å². The second kappa shape index (κ2) is 7.96. The van der Waals surface area contributed by atoms with Crippen LogP contribution in [0.25, 0.3) is 5.69 Å². The van der Waals surface area contributed by atoms with Crippen molar-refractivity contribution in [1.82, 2.24) is 9.78 Å². The first-order valence-corrected chi connectivity index (χ1v) is 8.65. The van der Waals surface area contributed by atoms with Gasteiger partial charge < -0.3 is 14.8 Å². The van der Waals surface area contributed by atoms with Gasteiger partial charge in [-0.1, -0.05) is 18.2 Å². The second-order valence-electron chi connectivity index (χ2n) is 6.14. The largest absolute Gasteiger partial charge is 0.497 e. The van der Waals surface area contributed by atoms with Crippen LogP contribution in [0.3, 0.4) is 0 Å². The van der Waals surface area contributed by atoms with Crippen LogP contribution in [0.2, 0.25) is 0 Å². The lowest BCUT2D eigenvalue weighted by Crippen LogP contribution is -2.24. The molecule has 0 spiro atoms. The number of hydrogen-bond acceptors (Lipinski definition) is 5. The van der Waals surface area contributed by atoms with Crippen molar-refractivity contribution in [3.8, 4) is 17.2 Å². The highest BCUT2D eigenvalue weighted by atomic mass is 16.5. The van der Waals surface area contributed by atoms with Gasteiger partial charge in [0.25, 0.3) is 11.7 Å². The van der Waals surface area contributed by atoms with Crippen LogP contribution in [0, 0.1) is 13.8 Å². The molecule has 0 aliphatic rings. The maximum atomic E-state index is 12.8. The number of carbonyl (C=O) groups excluding carboxylic acids is 2. The number of nitrogens with one attached hydrogen (secondary N) is 1. The van der Waals surface area contributed by atoms with E-state index in [-0.39, 0.29) is 5.56 Å². The third kappa shape index (κ3) is 3.59. The Kier molecular flexibility index (Phi) is 5.44. The van der Waals surface area contributed by atoms with E-state index in [0.717, 1.165) is 5.69 Å². The molecular weight excluding hydrogens is 358 g/mol. The first-order chi connectivity index (χ1) is 13.5. The van der Waals surface area contributed by atoms with Crippen molar-refractivity contribution in [2.75, 3.05) is 19.5 Å². The van der Waals surface area contributed by atoms with Crippen LogP contribution in [0.4, 0.5) is 5.69 Å². The summed E-state index contributed by atoms with van der Waals surface area (Å²) in [6, 6.07) is 14.4. The molecule has 0 unspecified atom stereocenters. The molecule has 7 nitrogen and oxygen atoms in total. The molecule has 1 aromatic heterocycles. The molecule has 2 aromatic carbocycles. The predicted molar refractivity (Wildman–Crippen MR) is 106 cm³/mol. The third-order valence-electron chi connectivity index (χ3n) is 4.38. The van der Waals surface area contributed by atoms with E-state index in [1.54, 1.807) is 36.7 Å². The number of ketones is 1. The monoisotopic (exact) mass is 379 g/mol. The van der Waals surface area contributed by atoms with Crippen LogP contribution >= 0.6 is 0 Å². The number of ether oxygens (including phenoxy) is 2. The minimum Gasteiger partial charge on any atom is -0.497 e. The molecule has 3 aromatic rings. The smallest absolute Gasteiger partial charge is 0.297 e. The molecule has 0 saturated heterocycles. The Hall–Kier alpha value is -3.61. The van der Waals surface area contributed by atoms with Gasteiger partial charge in [-0.3, -0.25) is 9.59 Å². The van der Waals surface area contributed by atoms with Crippen molar-refractivity contribution < 1.29 is 19.1 Å². The Morgan fingerprint density at radius 3 is 2.36 bits per heavy atom. The van der Waals surface area contributed by atoms with Gasteiger partial charge in [0.2, 0.25) is 0 Å². The zero-order valence-electron chi connectivity index (χ0n) is 16.1. The van der Waals surface area contributed by atoms with E-state index >= 15 is 0 Å². The van der Waals surface area contributed by atoms with Crippen LogP contribution in [0.1, 0.15) is 21.7 Å². The minimum atomic E-state index is -0.762. The fourth-order valence-corrected chi connectivity index (χ4v) is 2.99. The summed E-state index contributed by atoms with van der Waals surface area (Å²) >= 11 is 0. The number of para-hydroxylation sites is 1. The molecule has 3 rings (SSSR count). The molecule has 1 N–H and O–H groups in total. The van der Waals surface area contributed by atoms with Gasteiger partial charge in [0.15, 0.2) is 0 Å². The molecule has 0 aliphatic carbocycles. The highest BCUT2D eigenvalue weighted by molar-refractivity contribution is 6.47. The van der Waals surface area contributed by atoms with E-state index in [4.69, 9.17) is 9.47 Å². The summed E-state index contributed by atoms with van der Waals surface area (Å²) in [5.41, 5.74) is 2.58. The quantitative estimate of drug-likeness (QED) is 0.525. The third-order valence-corrected chi connectivity index (χ3v) is 4.38. The molecule has 0 atom stereocenters. The Bertz CT molecular complexity index is 1030. The Labute approximate surface area is 162 Å². The van der Waals surface area contributed by atoms with Gasteiger partial charge in [-0.25, -0.2) is 4.68 Å². The van der Waals surface area contributed by atoms with Crippen molar-refractivity contribution in [2.24, 2.45) is 0 Å². The molecule has 7 heteroatoms. The maximum absolute atomic E-state index is 12.8. The number of nitrogens with zero attached hydrogens (tertiary/aromatic N) is 2. The minimum absolute atomic E-state index is 0.286. The molecule has 0 aliphatic heterocycles. The number of aryl methyl sites for hydroxylation is 1. The average Bonchev–Trinajstić information content (AvgIpc) is 3.02. The van der Waals surface area contributed by atoms with Crippen molar-refractivity contribution in [2.45, 2.75) is 13.8 Å². The van der Waals surface area contributed by atoms with E-state index in [1.807, 2.05) is 30.3 Å². The zero-order chi connectivity index (χ0) is 20.3. The average molecular weight is 379 g/mol. The van der Waals surface area contributed by atoms with Crippen molar-refractivity contribution in [1.29, 1.82) is 0 Å². The highest BCUT2D eigenvalue weighted by Crippen LogP contribution is 2.29. The first-order valence-electron chi connectivity index (χ1n) is 8.65. The van der Waals surface area contributed by atoms with Gasteiger partial charge >= 0.3 is 0 Å². The topological polar surface area (TPSA) is 82.5 Å². The highest BCUT2D eigenvalue weighted by Gasteiger charge is 2.25. The molecule has 144 valence electrons. The summed E-state index contributed by atoms with van der Waals surface area (Å²) < 4.78 is 12.1. The Morgan fingerprint density at radius 2 is 1.71 bits per heavy atom. The van der Waals surface area contributed by atoms with Crippen molar-refractivity contribution in [3.05, 3.63) is 65.5 Å². The summed E-state index contributed by atoms with van der Waals surface area (Å²) in [4.78, 5) is 25.4. The number of carbonyl (C=O) groups is 2. The molecule has 0 radical (unpaired) electrons. The number of aromatic nitrogens is 2. The second-order valence-corrected chi connectivity index (χ2v) is 6.14. The van der Waals surface area contributed by atoms with Gasteiger partial charge in [0.05, 0.1) is 42.5 Å². The summed E-state index contributed by atoms with van der Waals surface area (Å²) in [6.07, 6.45) is 0. The number of anilines is 1. The number of rotatable bonds is 6. The van der Waals surface area contributed by atoms with E-state index in [1.165, 1.54) is 14.2 Å². The fourth-order valence-electron chi connectivity index (χ4n) is 2.99. The lowest BCUT2D eigenvalue weighted by Gasteiger charge is -2.11. The van der Waals surface area contributed by atoms with Crippen LogP contribution in [0.15, 0.2) is 48.5 Å². The number of methoxy groups -OCH3 is 2. The standard InChI is InChI=1S/C21H21N3O4/c1-13-19(14(2)24(23-13)15-8-6-5-7-9-15)20(25)21(26)22-17-11-10-16(27-3)12-18(17)28-4/h5-12H,1-4H3,(H,22,26). The molecule has 1 amide bonds. The molecule has 1 heterocycles. The van der Waals surface area contributed by atoms with E-state index in [0.29, 0.717) is 28.6 Å². The van der Waals surface area contributed by atoms with Crippen molar-refractivity contribution >= 4 is 17.4 Å². The van der Waals surface area contributed by atoms with E-state index in [2.05, 4.69) is 10.4 Å². The predicted octanol–water partition coefficient (Wildman–Crippen LogP) is 3.33. The number of benzene rings is 2. The number of Topliss-reactive ketones (excluding diaryl/α,β-unsaturated/α-hetero) is 1. The summed E-state index contributed by atoms with van der Waals surface area (Å²) in [5, 5.41) is 7.03. The molecule has 0 saturated carbocycles. The molecule has 28 heavy (non-hydrogen) atoms. The van der Waals surface area contributed by atoms with Gasteiger partial charge in [0.1, 0.15) is 11.5 Å². The summed E-state index contributed by atoms with van der Waals surface area (Å²) in [7, 11) is 3.01. The lowest BCUT2D eigenvalue weighted by atomic mass is 10.1. The summed E-state index contributed by atoms with van der Waals surface area (Å²) in [6.45, 7) is 3.47. The van der Waals surface area contributed by atoms with Gasteiger partial charge in [-0.2, -0.15) is 5.10 Å². The Balaban J connectivity index is 1.89.